The van der Waals surface area contributed by atoms with E-state index >= 15 is 0 Å². The maximum atomic E-state index is 14.4. The minimum atomic E-state index is -1.25. The summed E-state index contributed by atoms with van der Waals surface area (Å²) in [4.78, 5) is 19.5. The normalized spacial score (nSPS) is 17.5. The third-order valence-electron chi connectivity index (χ3n) is 7.64. The van der Waals surface area contributed by atoms with Crippen LogP contribution in [0, 0.1) is 0 Å². The minimum absolute atomic E-state index is 0.0783. The van der Waals surface area contributed by atoms with Gasteiger partial charge in [-0.25, -0.2) is 4.99 Å². The van der Waals surface area contributed by atoms with E-state index in [1.165, 1.54) is 5.56 Å². The highest BCUT2D eigenvalue weighted by Gasteiger charge is 2.53. The zero-order valence-corrected chi connectivity index (χ0v) is 27.6. The van der Waals surface area contributed by atoms with Gasteiger partial charge in [-0.1, -0.05) is 92.5 Å². The topological polar surface area (TPSA) is 80.2 Å². The van der Waals surface area contributed by atoms with Gasteiger partial charge in [-0.3, -0.25) is 4.79 Å². The fraction of sp³-hybridized carbons (Fsp3) is 0.278. The number of aliphatic hydroxyl groups excluding tert-OH is 1. The van der Waals surface area contributed by atoms with Crippen LogP contribution in [-0.4, -0.2) is 42.2 Å². The molecule has 4 aromatic carbocycles. The maximum Gasteiger partial charge on any atom is 0.252 e. The molecule has 1 amide bonds. The van der Waals surface area contributed by atoms with Crippen molar-refractivity contribution in [2.75, 3.05) is 19.8 Å². The summed E-state index contributed by atoms with van der Waals surface area (Å²) in [6, 6.07) is 33.7. The number of hydrogen-bond acceptors (Lipinski definition) is 5. The van der Waals surface area contributed by atoms with Crippen LogP contribution in [0.2, 0.25) is 0 Å². The van der Waals surface area contributed by atoms with E-state index in [9.17, 15) is 4.79 Å². The van der Waals surface area contributed by atoms with Crippen molar-refractivity contribution in [2.45, 2.75) is 43.7 Å². The summed E-state index contributed by atoms with van der Waals surface area (Å²) in [5.41, 5.74) is 2.63. The Morgan fingerprint density at radius 1 is 0.886 bits per heavy atom. The minimum Gasteiger partial charge on any atom is -0.494 e. The highest BCUT2D eigenvalue weighted by atomic mass is 79.9. The second-order valence-electron chi connectivity index (χ2n) is 10.8. The quantitative estimate of drug-likeness (QED) is 0.132. The number of aryl methyl sites for hydroxylation is 1. The van der Waals surface area contributed by atoms with Gasteiger partial charge in [0.1, 0.15) is 5.75 Å². The van der Waals surface area contributed by atoms with Crippen molar-refractivity contribution >= 4 is 43.7 Å². The maximum absolute atomic E-state index is 14.4. The molecule has 8 heteroatoms. The predicted molar refractivity (Wildman–Crippen MR) is 181 cm³/mol. The van der Waals surface area contributed by atoms with E-state index in [2.05, 4.69) is 61.4 Å². The van der Waals surface area contributed by atoms with E-state index in [0.717, 1.165) is 44.9 Å². The van der Waals surface area contributed by atoms with Crippen LogP contribution < -0.4 is 10.1 Å². The van der Waals surface area contributed by atoms with Crippen molar-refractivity contribution in [1.29, 1.82) is 0 Å². The van der Waals surface area contributed by atoms with Crippen LogP contribution in [0.5, 0.6) is 5.75 Å². The summed E-state index contributed by atoms with van der Waals surface area (Å²) in [5.74, 6) is 0.934. The summed E-state index contributed by atoms with van der Waals surface area (Å²) in [7, 11) is 0. The predicted octanol–water partition coefficient (Wildman–Crippen LogP) is 7.61. The van der Waals surface area contributed by atoms with Gasteiger partial charge >= 0.3 is 0 Å². The Bertz CT molecular complexity index is 1540. The third kappa shape index (κ3) is 7.97. The van der Waals surface area contributed by atoms with Crippen LogP contribution in [0.15, 0.2) is 117 Å². The van der Waals surface area contributed by atoms with Crippen LogP contribution in [-0.2, 0) is 22.4 Å². The van der Waals surface area contributed by atoms with Gasteiger partial charge < -0.3 is 19.9 Å². The van der Waals surface area contributed by atoms with Crippen molar-refractivity contribution in [3.8, 4) is 5.75 Å². The Morgan fingerprint density at radius 3 is 2.34 bits per heavy atom. The van der Waals surface area contributed by atoms with E-state index in [4.69, 9.17) is 19.6 Å². The molecule has 228 valence electrons. The van der Waals surface area contributed by atoms with E-state index in [1.54, 1.807) is 0 Å². The zero-order chi connectivity index (χ0) is 30.8. The molecule has 6 nitrogen and oxygen atoms in total. The van der Waals surface area contributed by atoms with Crippen LogP contribution in [0.4, 0.5) is 0 Å². The standard InChI is InChI=1S/C36H36Br2N2O4/c37-30-18-14-27(15-19-30)33-36(25-29-12-4-5-13-32(29)38,35(42)39-22-7-6-11-26-9-2-1-3-10-26)40-34(44-33)28-16-20-31(21-17-28)43-24-8-23-41/h1-5,9-10,12-21,33,41H,6-8,11,22-25H2,(H,39,42)/t33-,36-/m1/s1. The highest BCUT2D eigenvalue weighted by Crippen LogP contribution is 2.43. The van der Waals surface area contributed by atoms with Gasteiger partial charge in [0.15, 0.2) is 11.6 Å². The SMILES string of the molecule is O=C(NCCCCc1ccccc1)[C@]1(Cc2ccccc2Br)N=C(c2ccc(OCCCO)cc2)O[C@@H]1c1ccc(Br)cc1. The molecule has 0 saturated carbocycles. The third-order valence-corrected chi connectivity index (χ3v) is 8.94. The Balaban J connectivity index is 1.45. The van der Waals surface area contributed by atoms with Gasteiger partial charge in [0.05, 0.1) is 6.61 Å². The molecule has 44 heavy (non-hydrogen) atoms. The smallest absolute Gasteiger partial charge is 0.252 e. The molecule has 0 spiro atoms. The van der Waals surface area contributed by atoms with Crippen molar-refractivity contribution in [3.63, 3.8) is 0 Å². The number of benzene rings is 4. The molecule has 2 N–H and O–H groups in total. The lowest BCUT2D eigenvalue weighted by molar-refractivity contribution is -0.128. The average molecular weight is 721 g/mol. The van der Waals surface area contributed by atoms with Crippen molar-refractivity contribution < 1.29 is 19.4 Å². The second-order valence-corrected chi connectivity index (χ2v) is 12.6. The monoisotopic (exact) mass is 718 g/mol. The molecule has 2 atom stereocenters. The number of nitrogens with one attached hydrogen (secondary N) is 1. The number of aliphatic imine (C=N–C) groups is 1. The fourth-order valence-electron chi connectivity index (χ4n) is 5.31. The molecule has 1 heterocycles. The lowest BCUT2D eigenvalue weighted by atomic mass is 9.82. The van der Waals surface area contributed by atoms with Gasteiger partial charge in [-0.2, -0.15) is 0 Å². The number of hydrogen-bond donors (Lipinski definition) is 2. The van der Waals surface area contributed by atoms with Gasteiger partial charge in [-0.15, -0.1) is 0 Å². The number of amides is 1. The van der Waals surface area contributed by atoms with Crippen molar-refractivity contribution in [1.82, 2.24) is 5.32 Å². The molecule has 1 aliphatic heterocycles. The molecule has 0 aliphatic carbocycles. The van der Waals surface area contributed by atoms with Gasteiger partial charge in [0.25, 0.3) is 5.91 Å². The van der Waals surface area contributed by atoms with Gasteiger partial charge in [0.2, 0.25) is 5.90 Å². The van der Waals surface area contributed by atoms with Gasteiger partial charge in [0, 0.05) is 40.5 Å². The lowest BCUT2D eigenvalue weighted by Gasteiger charge is -2.31. The number of rotatable bonds is 14. The number of nitrogens with zero attached hydrogens (tertiary/aromatic N) is 1. The Labute approximate surface area is 275 Å². The Kier molecular flexibility index (Phi) is 11.3. The van der Waals surface area contributed by atoms with E-state index in [1.807, 2.05) is 78.9 Å². The molecule has 4 aromatic rings. The number of carbonyl (C=O) groups excluding carboxylic acids is 1. The Hall–Kier alpha value is -3.46. The first-order valence-electron chi connectivity index (χ1n) is 14.9. The van der Waals surface area contributed by atoms with Crippen LogP contribution in [0.3, 0.4) is 0 Å². The molecule has 0 aromatic heterocycles. The summed E-state index contributed by atoms with van der Waals surface area (Å²) in [6.07, 6.45) is 3.04. The summed E-state index contributed by atoms with van der Waals surface area (Å²) < 4.78 is 14.2. The Morgan fingerprint density at radius 2 is 1.61 bits per heavy atom. The van der Waals surface area contributed by atoms with Gasteiger partial charge in [-0.05, 0) is 78.4 Å². The second kappa shape index (κ2) is 15.5. The van der Waals surface area contributed by atoms with Crippen LogP contribution in [0.25, 0.3) is 0 Å². The first-order valence-corrected chi connectivity index (χ1v) is 16.5. The molecule has 0 unspecified atom stereocenters. The zero-order valence-electron chi connectivity index (χ0n) is 24.4. The summed E-state index contributed by atoms with van der Waals surface area (Å²) in [5, 5.41) is 12.3. The van der Waals surface area contributed by atoms with Crippen LogP contribution >= 0.6 is 31.9 Å². The molecular formula is C36H36Br2N2O4. The fourth-order valence-corrected chi connectivity index (χ4v) is 6.00. The largest absolute Gasteiger partial charge is 0.494 e. The molecule has 5 rings (SSSR count). The number of ether oxygens (including phenoxy) is 2. The van der Waals surface area contributed by atoms with Crippen molar-refractivity contribution in [2.24, 2.45) is 4.99 Å². The summed E-state index contributed by atoms with van der Waals surface area (Å²) >= 11 is 7.23. The number of halogens is 2. The van der Waals surface area contributed by atoms with Crippen molar-refractivity contribution in [3.05, 3.63) is 134 Å². The molecule has 0 bridgehead atoms. The first-order chi connectivity index (χ1) is 21.5. The molecule has 0 fully saturated rings. The van der Waals surface area contributed by atoms with E-state index < -0.39 is 11.6 Å². The summed E-state index contributed by atoms with van der Waals surface area (Å²) in [6.45, 7) is 1.05. The average Bonchev–Trinajstić information content (AvgIpc) is 3.43. The molecular weight excluding hydrogens is 684 g/mol. The van der Waals surface area contributed by atoms with E-state index in [-0.39, 0.29) is 12.5 Å². The number of unbranched alkanes of at least 4 members (excludes halogenated alkanes) is 1. The molecule has 0 saturated heterocycles. The van der Waals surface area contributed by atoms with Crippen LogP contribution in [0.1, 0.15) is 47.6 Å². The molecule has 1 aliphatic rings. The first kappa shape index (κ1) is 31.9. The number of carbonyl (C=O) groups is 1. The number of aliphatic hydroxyl groups is 1. The lowest BCUT2D eigenvalue weighted by Crippen LogP contribution is -2.50. The highest BCUT2D eigenvalue weighted by molar-refractivity contribution is 9.10. The molecule has 0 radical (unpaired) electrons. The van der Waals surface area contributed by atoms with E-state index in [0.29, 0.717) is 37.6 Å².